The van der Waals surface area contributed by atoms with Crippen molar-refractivity contribution in [1.29, 1.82) is 5.26 Å². The SMILES string of the molecule is Cc1ccccc1NC(=O)CN1CC2CCC(C1)N2S(=O)(=O)c1cccc(C#N)c1. The van der Waals surface area contributed by atoms with Gasteiger partial charge in [-0.3, -0.25) is 9.69 Å². The summed E-state index contributed by atoms with van der Waals surface area (Å²) < 4.78 is 28.1. The molecule has 0 spiro atoms. The number of likely N-dealkylation sites (tertiary alicyclic amines) is 1. The third kappa shape index (κ3) is 3.97. The summed E-state index contributed by atoms with van der Waals surface area (Å²) in [6.45, 7) is 3.23. The molecule has 2 aliphatic rings. The Morgan fingerprint density at radius 1 is 1.13 bits per heavy atom. The monoisotopic (exact) mass is 424 g/mol. The van der Waals surface area contributed by atoms with Gasteiger partial charge in [0.15, 0.2) is 0 Å². The average molecular weight is 425 g/mol. The Morgan fingerprint density at radius 3 is 2.50 bits per heavy atom. The predicted octanol–water partition coefficient (Wildman–Crippen LogP) is 2.34. The summed E-state index contributed by atoms with van der Waals surface area (Å²) in [5, 5.41) is 12.0. The number of hydrogen-bond donors (Lipinski definition) is 1. The molecule has 30 heavy (non-hydrogen) atoms. The molecule has 2 unspecified atom stereocenters. The molecule has 1 amide bonds. The number of para-hydroxylation sites is 1. The number of nitriles is 1. The lowest BCUT2D eigenvalue weighted by Crippen LogP contribution is -2.56. The van der Waals surface area contributed by atoms with Gasteiger partial charge in [-0.1, -0.05) is 24.3 Å². The quantitative estimate of drug-likeness (QED) is 0.795. The Bertz CT molecular complexity index is 1100. The highest BCUT2D eigenvalue weighted by atomic mass is 32.2. The molecule has 1 N–H and O–H groups in total. The molecule has 0 aromatic heterocycles. The van der Waals surface area contributed by atoms with Crippen LogP contribution in [0.3, 0.4) is 0 Å². The van der Waals surface area contributed by atoms with Gasteiger partial charge in [-0.25, -0.2) is 8.42 Å². The van der Waals surface area contributed by atoms with E-state index in [4.69, 9.17) is 5.26 Å². The Morgan fingerprint density at radius 2 is 1.83 bits per heavy atom. The first kappa shape index (κ1) is 20.5. The molecule has 4 rings (SSSR count). The number of nitrogens with one attached hydrogen (secondary N) is 1. The molecule has 2 aliphatic heterocycles. The molecule has 2 bridgehead atoms. The molecule has 0 radical (unpaired) electrons. The van der Waals surface area contributed by atoms with Crippen LogP contribution in [-0.2, 0) is 14.8 Å². The van der Waals surface area contributed by atoms with Crippen molar-refractivity contribution in [2.45, 2.75) is 36.7 Å². The number of amides is 1. The fraction of sp³-hybridized carbons (Fsp3) is 0.364. The molecule has 2 aromatic carbocycles. The molecule has 2 atom stereocenters. The minimum absolute atomic E-state index is 0.0956. The molecule has 156 valence electrons. The van der Waals surface area contributed by atoms with E-state index < -0.39 is 10.0 Å². The number of piperazine rings is 1. The topological polar surface area (TPSA) is 93.5 Å². The highest BCUT2D eigenvalue weighted by molar-refractivity contribution is 7.89. The third-order valence-corrected chi connectivity index (χ3v) is 7.82. The van der Waals surface area contributed by atoms with Crippen molar-refractivity contribution in [1.82, 2.24) is 9.21 Å². The van der Waals surface area contributed by atoms with Crippen LogP contribution < -0.4 is 5.32 Å². The number of aryl methyl sites for hydroxylation is 1. The number of benzene rings is 2. The van der Waals surface area contributed by atoms with E-state index in [9.17, 15) is 13.2 Å². The van der Waals surface area contributed by atoms with Crippen LogP contribution in [0.5, 0.6) is 0 Å². The second-order valence-corrected chi connectivity index (χ2v) is 9.76. The lowest BCUT2D eigenvalue weighted by Gasteiger charge is -2.39. The van der Waals surface area contributed by atoms with E-state index in [1.54, 1.807) is 16.4 Å². The number of anilines is 1. The average Bonchev–Trinajstić information content (AvgIpc) is 3.02. The van der Waals surface area contributed by atoms with Gasteiger partial charge in [0, 0.05) is 30.9 Å². The van der Waals surface area contributed by atoms with Gasteiger partial charge in [0.25, 0.3) is 0 Å². The van der Waals surface area contributed by atoms with E-state index in [-0.39, 0.29) is 29.4 Å². The van der Waals surface area contributed by atoms with Crippen molar-refractivity contribution in [2.24, 2.45) is 0 Å². The summed E-state index contributed by atoms with van der Waals surface area (Å²) >= 11 is 0. The van der Waals surface area contributed by atoms with Gasteiger partial charge >= 0.3 is 0 Å². The summed E-state index contributed by atoms with van der Waals surface area (Å²) in [5.74, 6) is -0.0956. The van der Waals surface area contributed by atoms with Crippen molar-refractivity contribution in [3.63, 3.8) is 0 Å². The van der Waals surface area contributed by atoms with E-state index in [0.717, 1.165) is 24.1 Å². The van der Waals surface area contributed by atoms with Crippen LogP contribution in [-0.4, -0.2) is 55.2 Å². The molecule has 2 fully saturated rings. The van der Waals surface area contributed by atoms with Crippen molar-refractivity contribution >= 4 is 21.6 Å². The van der Waals surface area contributed by atoms with Crippen LogP contribution in [0.2, 0.25) is 0 Å². The fourth-order valence-corrected chi connectivity index (χ4v) is 6.33. The molecule has 2 saturated heterocycles. The zero-order chi connectivity index (χ0) is 21.3. The summed E-state index contributed by atoms with van der Waals surface area (Å²) in [5.41, 5.74) is 2.13. The number of fused-ring (bicyclic) bond motifs is 2. The van der Waals surface area contributed by atoms with Gasteiger partial charge in [0.2, 0.25) is 15.9 Å². The van der Waals surface area contributed by atoms with Gasteiger partial charge < -0.3 is 5.32 Å². The molecular formula is C22H24N4O3S. The molecule has 8 heteroatoms. The number of rotatable bonds is 5. The summed E-state index contributed by atoms with van der Waals surface area (Å²) in [6.07, 6.45) is 1.55. The second kappa shape index (κ2) is 8.19. The fourth-order valence-electron chi connectivity index (χ4n) is 4.43. The van der Waals surface area contributed by atoms with Crippen LogP contribution >= 0.6 is 0 Å². The first-order valence-corrected chi connectivity index (χ1v) is 11.4. The molecule has 0 aliphatic carbocycles. The molecular weight excluding hydrogens is 400 g/mol. The normalized spacial score (nSPS) is 21.9. The third-order valence-electron chi connectivity index (χ3n) is 5.82. The number of hydrogen-bond acceptors (Lipinski definition) is 5. The molecule has 2 heterocycles. The van der Waals surface area contributed by atoms with E-state index in [0.29, 0.717) is 18.7 Å². The largest absolute Gasteiger partial charge is 0.325 e. The smallest absolute Gasteiger partial charge is 0.243 e. The Hall–Kier alpha value is -2.73. The number of sulfonamides is 1. The first-order chi connectivity index (χ1) is 14.4. The maximum absolute atomic E-state index is 13.2. The van der Waals surface area contributed by atoms with Gasteiger partial charge in [0.1, 0.15) is 0 Å². The van der Waals surface area contributed by atoms with Crippen molar-refractivity contribution in [3.05, 3.63) is 59.7 Å². The van der Waals surface area contributed by atoms with Crippen LogP contribution in [0.15, 0.2) is 53.4 Å². The summed E-state index contributed by atoms with van der Waals surface area (Å²) in [6, 6.07) is 15.5. The summed E-state index contributed by atoms with van der Waals surface area (Å²) in [4.78, 5) is 14.7. The van der Waals surface area contributed by atoms with Crippen molar-refractivity contribution < 1.29 is 13.2 Å². The zero-order valence-corrected chi connectivity index (χ0v) is 17.6. The van der Waals surface area contributed by atoms with Crippen molar-refractivity contribution in [2.75, 3.05) is 25.0 Å². The van der Waals surface area contributed by atoms with Gasteiger partial charge in [-0.15, -0.1) is 0 Å². The maximum Gasteiger partial charge on any atom is 0.243 e. The molecule has 7 nitrogen and oxygen atoms in total. The minimum atomic E-state index is -3.68. The van der Waals surface area contributed by atoms with Gasteiger partial charge in [-0.2, -0.15) is 9.57 Å². The van der Waals surface area contributed by atoms with Gasteiger partial charge in [-0.05, 0) is 49.6 Å². The second-order valence-electron chi connectivity index (χ2n) is 7.92. The first-order valence-electron chi connectivity index (χ1n) is 10.00. The Kier molecular flexibility index (Phi) is 5.60. The van der Waals surface area contributed by atoms with Crippen molar-refractivity contribution in [3.8, 4) is 6.07 Å². The lowest BCUT2D eigenvalue weighted by atomic mass is 10.2. The zero-order valence-electron chi connectivity index (χ0n) is 16.8. The van der Waals surface area contributed by atoms with E-state index in [2.05, 4.69) is 5.32 Å². The van der Waals surface area contributed by atoms with Crippen LogP contribution in [0, 0.1) is 18.3 Å². The highest BCUT2D eigenvalue weighted by Gasteiger charge is 2.46. The minimum Gasteiger partial charge on any atom is -0.325 e. The number of nitrogens with zero attached hydrogens (tertiary/aromatic N) is 3. The van der Waals surface area contributed by atoms with Crippen LogP contribution in [0.4, 0.5) is 5.69 Å². The Balaban J connectivity index is 1.45. The molecule has 0 saturated carbocycles. The standard InChI is InChI=1S/C22H24N4O3S/c1-16-5-2-3-8-21(16)24-22(27)15-25-13-18-9-10-19(14-25)26(18)30(28,29)20-7-4-6-17(11-20)12-23/h2-8,11,18-19H,9-10,13-15H2,1H3,(H,24,27). The maximum atomic E-state index is 13.2. The number of carbonyl (C=O) groups is 1. The number of carbonyl (C=O) groups excluding carboxylic acids is 1. The highest BCUT2D eigenvalue weighted by Crippen LogP contribution is 2.35. The van der Waals surface area contributed by atoms with E-state index >= 15 is 0 Å². The van der Waals surface area contributed by atoms with Gasteiger partial charge in [0.05, 0.1) is 23.1 Å². The molecule has 2 aromatic rings. The van der Waals surface area contributed by atoms with E-state index in [1.165, 1.54) is 12.1 Å². The Labute approximate surface area is 177 Å². The van der Waals surface area contributed by atoms with Crippen LogP contribution in [0.25, 0.3) is 0 Å². The van der Waals surface area contributed by atoms with Crippen LogP contribution in [0.1, 0.15) is 24.0 Å². The predicted molar refractivity (Wildman–Crippen MR) is 113 cm³/mol. The lowest BCUT2D eigenvalue weighted by molar-refractivity contribution is -0.117. The summed E-state index contributed by atoms with van der Waals surface area (Å²) in [7, 11) is -3.68. The van der Waals surface area contributed by atoms with E-state index in [1.807, 2.05) is 42.2 Å².